The normalized spacial score (nSPS) is 12.4. The van der Waals surface area contributed by atoms with Gasteiger partial charge in [-0.15, -0.1) is 6.42 Å². The highest BCUT2D eigenvalue weighted by atomic mass is 16.5. The molecule has 0 saturated heterocycles. The van der Waals surface area contributed by atoms with Crippen molar-refractivity contribution in [2.75, 3.05) is 6.61 Å². The van der Waals surface area contributed by atoms with Gasteiger partial charge in [-0.05, 0) is 13.0 Å². The number of hydrogen-bond acceptors (Lipinski definition) is 2. The van der Waals surface area contributed by atoms with E-state index >= 15 is 0 Å². The van der Waals surface area contributed by atoms with Gasteiger partial charge in [0, 0.05) is 12.1 Å². The zero-order chi connectivity index (χ0) is 9.40. The third kappa shape index (κ3) is 4.45. The average molecular weight is 165 g/mol. The van der Waals surface area contributed by atoms with Gasteiger partial charge in [0.2, 0.25) is 0 Å². The van der Waals surface area contributed by atoms with Gasteiger partial charge in [-0.1, -0.05) is 18.9 Å². The first-order valence-corrected chi connectivity index (χ1v) is 3.93. The van der Waals surface area contributed by atoms with Crippen LogP contribution in [0.4, 0.5) is 0 Å². The molecule has 0 atom stereocenters. The number of rotatable bonds is 4. The first kappa shape index (κ1) is 10.6. The van der Waals surface area contributed by atoms with Crippen molar-refractivity contribution in [3.05, 3.63) is 23.6 Å². The van der Waals surface area contributed by atoms with Crippen molar-refractivity contribution in [3.8, 4) is 12.3 Å². The fraction of sp³-hybridized carbons (Fsp3) is 0.400. The van der Waals surface area contributed by atoms with E-state index in [1.54, 1.807) is 6.08 Å². The molecular formula is C10H15NO. The molecular weight excluding hydrogens is 150 g/mol. The van der Waals surface area contributed by atoms with E-state index in [9.17, 15) is 0 Å². The van der Waals surface area contributed by atoms with Crippen molar-refractivity contribution in [3.63, 3.8) is 0 Å². The van der Waals surface area contributed by atoms with E-state index in [1.165, 1.54) is 0 Å². The summed E-state index contributed by atoms with van der Waals surface area (Å²) in [6, 6.07) is 0. The lowest BCUT2D eigenvalue weighted by molar-refractivity contribution is 0.244. The molecule has 0 aromatic heterocycles. The second-order valence-electron chi connectivity index (χ2n) is 2.25. The molecule has 0 bridgehead atoms. The summed E-state index contributed by atoms with van der Waals surface area (Å²) >= 11 is 0. The molecule has 2 N–H and O–H groups in total. The van der Waals surface area contributed by atoms with Crippen molar-refractivity contribution in [2.24, 2.45) is 5.73 Å². The summed E-state index contributed by atoms with van der Waals surface area (Å²) in [5.74, 6) is 3.22. The van der Waals surface area contributed by atoms with E-state index in [2.05, 4.69) is 5.92 Å². The molecule has 0 saturated carbocycles. The lowest BCUT2D eigenvalue weighted by Gasteiger charge is -2.04. The topological polar surface area (TPSA) is 35.2 Å². The molecule has 0 rings (SSSR count). The first-order valence-electron chi connectivity index (χ1n) is 3.93. The molecule has 0 spiro atoms. The maximum Gasteiger partial charge on any atom is 0.148 e. The molecule has 0 aromatic rings. The molecule has 0 fully saturated rings. The van der Waals surface area contributed by atoms with Crippen LogP contribution in [0.3, 0.4) is 0 Å². The highest BCUT2D eigenvalue weighted by molar-refractivity contribution is 5.17. The van der Waals surface area contributed by atoms with Gasteiger partial charge in [-0.25, -0.2) is 0 Å². The highest BCUT2D eigenvalue weighted by Gasteiger charge is 1.93. The molecule has 0 aliphatic carbocycles. The molecule has 2 heteroatoms. The van der Waals surface area contributed by atoms with Crippen LogP contribution in [0.25, 0.3) is 0 Å². The maximum absolute atomic E-state index is 5.57. The van der Waals surface area contributed by atoms with Crippen LogP contribution >= 0.6 is 0 Å². The monoisotopic (exact) mass is 165 g/mol. The van der Waals surface area contributed by atoms with E-state index in [0.717, 1.165) is 12.2 Å². The van der Waals surface area contributed by atoms with Gasteiger partial charge >= 0.3 is 0 Å². The minimum atomic E-state index is 0.302. The SMILES string of the molecule is C#CCO/C(=C/C(N)=C\C)CC. The Morgan fingerprint density at radius 2 is 2.33 bits per heavy atom. The summed E-state index contributed by atoms with van der Waals surface area (Å²) < 4.78 is 5.22. The molecule has 0 aliphatic rings. The van der Waals surface area contributed by atoms with E-state index in [1.807, 2.05) is 19.9 Å². The predicted octanol–water partition coefficient (Wildman–Crippen LogP) is 1.79. The van der Waals surface area contributed by atoms with Gasteiger partial charge in [0.25, 0.3) is 0 Å². The average Bonchev–Trinajstić information content (AvgIpc) is 2.11. The van der Waals surface area contributed by atoms with E-state index in [-0.39, 0.29) is 0 Å². The molecule has 0 aromatic carbocycles. The Kier molecular flexibility index (Phi) is 5.64. The van der Waals surface area contributed by atoms with Gasteiger partial charge < -0.3 is 10.5 Å². The lowest BCUT2D eigenvalue weighted by atomic mass is 10.3. The van der Waals surface area contributed by atoms with E-state index in [4.69, 9.17) is 16.9 Å². The molecule has 0 amide bonds. The van der Waals surface area contributed by atoms with Crippen LogP contribution in [-0.2, 0) is 4.74 Å². The number of hydrogen-bond donors (Lipinski definition) is 1. The number of allylic oxidation sites excluding steroid dienone is 3. The fourth-order valence-electron chi connectivity index (χ4n) is 0.649. The van der Waals surface area contributed by atoms with E-state index < -0.39 is 0 Å². The quantitative estimate of drug-likeness (QED) is 0.391. The first-order chi connectivity index (χ1) is 5.74. The zero-order valence-corrected chi connectivity index (χ0v) is 7.63. The van der Waals surface area contributed by atoms with Crippen molar-refractivity contribution < 1.29 is 4.74 Å². The smallest absolute Gasteiger partial charge is 0.148 e. The third-order valence-corrected chi connectivity index (χ3v) is 1.35. The number of terminal acetylenes is 1. The predicted molar refractivity (Wildman–Crippen MR) is 51.1 cm³/mol. The van der Waals surface area contributed by atoms with E-state index in [0.29, 0.717) is 12.3 Å². The molecule has 0 heterocycles. The van der Waals surface area contributed by atoms with Gasteiger partial charge in [0.05, 0.1) is 5.76 Å². The van der Waals surface area contributed by atoms with Crippen LogP contribution < -0.4 is 5.73 Å². The molecule has 12 heavy (non-hydrogen) atoms. The Balaban J connectivity index is 4.15. The van der Waals surface area contributed by atoms with Crippen molar-refractivity contribution in [2.45, 2.75) is 20.3 Å². The van der Waals surface area contributed by atoms with Crippen LogP contribution in [0.2, 0.25) is 0 Å². The molecule has 0 unspecified atom stereocenters. The van der Waals surface area contributed by atoms with Crippen LogP contribution in [0.15, 0.2) is 23.6 Å². The molecule has 66 valence electrons. The van der Waals surface area contributed by atoms with Gasteiger partial charge in [0.15, 0.2) is 0 Å². The molecule has 2 nitrogen and oxygen atoms in total. The number of ether oxygens (including phenoxy) is 1. The summed E-state index contributed by atoms with van der Waals surface area (Å²) in [5, 5.41) is 0. The number of nitrogens with two attached hydrogens (primary N) is 1. The molecule has 0 aliphatic heterocycles. The summed E-state index contributed by atoms with van der Waals surface area (Å²) in [6.45, 7) is 4.17. The summed E-state index contributed by atoms with van der Waals surface area (Å²) in [5.41, 5.74) is 6.27. The van der Waals surface area contributed by atoms with Gasteiger partial charge in [-0.2, -0.15) is 0 Å². The Hall–Kier alpha value is -1.36. The largest absolute Gasteiger partial charge is 0.485 e. The summed E-state index contributed by atoms with van der Waals surface area (Å²) in [6.07, 6.45) is 9.45. The van der Waals surface area contributed by atoms with Crippen molar-refractivity contribution in [1.29, 1.82) is 0 Å². The standard InChI is InChI=1S/C10H15NO/c1-4-7-12-10(6-3)8-9(11)5-2/h1,5,8H,6-7,11H2,2-3H3/b9-5+,10-8+. The maximum atomic E-state index is 5.57. The Labute approximate surface area is 74.1 Å². The summed E-state index contributed by atoms with van der Waals surface area (Å²) in [4.78, 5) is 0. The van der Waals surface area contributed by atoms with Crippen molar-refractivity contribution in [1.82, 2.24) is 0 Å². The van der Waals surface area contributed by atoms with Gasteiger partial charge in [0.1, 0.15) is 6.61 Å². The Bertz CT molecular complexity index is 220. The second kappa shape index (κ2) is 6.36. The lowest BCUT2D eigenvalue weighted by Crippen LogP contribution is -1.97. The van der Waals surface area contributed by atoms with Crippen LogP contribution in [0.1, 0.15) is 20.3 Å². The fourth-order valence-corrected chi connectivity index (χ4v) is 0.649. The molecule has 0 radical (unpaired) electrons. The third-order valence-electron chi connectivity index (χ3n) is 1.35. The van der Waals surface area contributed by atoms with Crippen LogP contribution in [0, 0.1) is 12.3 Å². The zero-order valence-electron chi connectivity index (χ0n) is 7.63. The van der Waals surface area contributed by atoms with Gasteiger partial charge in [-0.3, -0.25) is 0 Å². The Morgan fingerprint density at radius 1 is 1.67 bits per heavy atom. The minimum Gasteiger partial charge on any atom is -0.485 e. The van der Waals surface area contributed by atoms with Crippen LogP contribution in [0.5, 0.6) is 0 Å². The Morgan fingerprint density at radius 3 is 2.75 bits per heavy atom. The second-order valence-corrected chi connectivity index (χ2v) is 2.25. The van der Waals surface area contributed by atoms with Crippen molar-refractivity contribution >= 4 is 0 Å². The minimum absolute atomic E-state index is 0.302. The summed E-state index contributed by atoms with van der Waals surface area (Å²) in [7, 11) is 0. The highest BCUT2D eigenvalue weighted by Crippen LogP contribution is 2.04. The van der Waals surface area contributed by atoms with Crippen LogP contribution in [-0.4, -0.2) is 6.61 Å².